The largest absolute Gasteiger partial charge is 0.497 e. The Hall–Kier alpha value is -1.06. The summed E-state index contributed by atoms with van der Waals surface area (Å²) in [7, 11) is 1.72. The van der Waals surface area contributed by atoms with Crippen LogP contribution in [0, 0.1) is 5.92 Å². The minimum atomic E-state index is 0.660. The van der Waals surface area contributed by atoms with E-state index in [2.05, 4.69) is 48.3 Å². The van der Waals surface area contributed by atoms with Crippen LogP contribution in [0.25, 0.3) is 0 Å². The number of hydrogen-bond acceptors (Lipinski definition) is 3. The predicted octanol–water partition coefficient (Wildman–Crippen LogP) is 3.30. The Morgan fingerprint density at radius 1 is 1.24 bits per heavy atom. The van der Waals surface area contributed by atoms with Crippen molar-refractivity contribution in [3.63, 3.8) is 0 Å². The number of nitrogens with zero attached hydrogens (tertiary/aromatic N) is 1. The van der Waals surface area contributed by atoms with Gasteiger partial charge in [0.2, 0.25) is 0 Å². The first kappa shape index (κ1) is 16.3. The highest BCUT2D eigenvalue weighted by molar-refractivity contribution is 5.27. The molecule has 1 unspecified atom stereocenters. The molecular formula is C18H30N2O. The van der Waals surface area contributed by atoms with Gasteiger partial charge in [-0.15, -0.1) is 0 Å². The van der Waals surface area contributed by atoms with Crippen LogP contribution in [-0.2, 0) is 6.54 Å². The summed E-state index contributed by atoms with van der Waals surface area (Å²) < 4.78 is 5.21. The summed E-state index contributed by atoms with van der Waals surface area (Å²) in [6.45, 7) is 9.22. The van der Waals surface area contributed by atoms with Crippen LogP contribution in [0.2, 0.25) is 0 Å². The topological polar surface area (TPSA) is 24.5 Å². The zero-order valence-electron chi connectivity index (χ0n) is 13.8. The first-order valence-electron chi connectivity index (χ1n) is 8.31. The summed E-state index contributed by atoms with van der Waals surface area (Å²) >= 11 is 0. The van der Waals surface area contributed by atoms with Gasteiger partial charge in [0.25, 0.3) is 0 Å². The highest BCUT2D eigenvalue weighted by Gasteiger charge is 2.23. The van der Waals surface area contributed by atoms with Gasteiger partial charge in [0.1, 0.15) is 5.75 Å². The Balaban J connectivity index is 1.75. The van der Waals surface area contributed by atoms with Gasteiger partial charge in [-0.3, -0.25) is 4.90 Å². The van der Waals surface area contributed by atoms with E-state index < -0.39 is 0 Å². The van der Waals surface area contributed by atoms with Crippen molar-refractivity contribution in [1.82, 2.24) is 10.2 Å². The number of rotatable bonds is 7. The van der Waals surface area contributed by atoms with Crippen LogP contribution in [0.1, 0.15) is 38.7 Å². The van der Waals surface area contributed by atoms with E-state index in [0.717, 1.165) is 24.8 Å². The predicted molar refractivity (Wildman–Crippen MR) is 88.8 cm³/mol. The number of benzene rings is 1. The molecule has 0 spiro atoms. The average Bonchev–Trinajstić information content (AvgIpc) is 2.54. The van der Waals surface area contributed by atoms with Crippen LogP contribution in [0.3, 0.4) is 0 Å². The van der Waals surface area contributed by atoms with Gasteiger partial charge in [0.05, 0.1) is 7.11 Å². The number of nitrogens with one attached hydrogen (secondary N) is 1. The van der Waals surface area contributed by atoms with E-state index in [1.54, 1.807) is 7.11 Å². The lowest BCUT2D eigenvalue weighted by atomic mass is 9.90. The Morgan fingerprint density at radius 3 is 2.48 bits per heavy atom. The molecule has 3 heteroatoms. The molecule has 1 atom stereocenters. The number of ether oxygens (including phenoxy) is 1. The third kappa shape index (κ3) is 5.01. The monoisotopic (exact) mass is 290 g/mol. The van der Waals surface area contributed by atoms with Crippen molar-refractivity contribution in [2.45, 2.75) is 45.7 Å². The van der Waals surface area contributed by atoms with Crippen LogP contribution in [0.5, 0.6) is 5.75 Å². The molecule has 2 rings (SSSR count). The minimum Gasteiger partial charge on any atom is -0.497 e. The van der Waals surface area contributed by atoms with Gasteiger partial charge in [-0.1, -0.05) is 19.1 Å². The zero-order chi connectivity index (χ0) is 15.1. The Kier molecular flexibility index (Phi) is 6.52. The molecule has 1 aromatic carbocycles. The van der Waals surface area contributed by atoms with Crippen LogP contribution in [0.15, 0.2) is 24.3 Å². The second-order valence-corrected chi connectivity index (χ2v) is 6.20. The molecular weight excluding hydrogens is 260 g/mol. The lowest BCUT2D eigenvalue weighted by molar-refractivity contribution is 0.156. The van der Waals surface area contributed by atoms with E-state index in [1.165, 1.54) is 37.9 Å². The molecule has 3 nitrogen and oxygen atoms in total. The molecule has 0 aromatic heterocycles. The molecule has 1 aromatic rings. The van der Waals surface area contributed by atoms with E-state index in [-0.39, 0.29) is 0 Å². The fourth-order valence-corrected chi connectivity index (χ4v) is 3.14. The molecule has 118 valence electrons. The van der Waals surface area contributed by atoms with Crippen molar-refractivity contribution in [2.75, 3.05) is 26.7 Å². The molecule has 0 amide bonds. The van der Waals surface area contributed by atoms with Crippen LogP contribution < -0.4 is 10.1 Å². The summed E-state index contributed by atoms with van der Waals surface area (Å²) in [5.74, 6) is 1.77. The van der Waals surface area contributed by atoms with Gasteiger partial charge < -0.3 is 10.1 Å². The minimum absolute atomic E-state index is 0.660. The molecule has 1 aliphatic rings. The molecule has 0 bridgehead atoms. The van der Waals surface area contributed by atoms with E-state index in [0.29, 0.717) is 6.04 Å². The summed E-state index contributed by atoms with van der Waals surface area (Å²) in [4.78, 5) is 2.57. The normalized spacial score (nSPS) is 18.6. The summed E-state index contributed by atoms with van der Waals surface area (Å²) in [6.07, 6.45) is 3.85. The molecule has 0 radical (unpaired) electrons. The van der Waals surface area contributed by atoms with Crippen molar-refractivity contribution in [2.24, 2.45) is 5.92 Å². The summed E-state index contributed by atoms with van der Waals surface area (Å²) in [5, 5.41) is 3.65. The second-order valence-electron chi connectivity index (χ2n) is 6.20. The van der Waals surface area contributed by atoms with Gasteiger partial charge in [-0.05, 0) is 69.4 Å². The number of piperidine rings is 1. The van der Waals surface area contributed by atoms with Gasteiger partial charge >= 0.3 is 0 Å². The van der Waals surface area contributed by atoms with Crippen molar-refractivity contribution in [3.8, 4) is 5.75 Å². The fraction of sp³-hybridized carbons (Fsp3) is 0.667. The molecule has 1 saturated heterocycles. The Labute approximate surface area is 129 Å². The maximum Gasteiger partial charge on any atom is 0.118 e. The smallest absolute Gasteiger partial charge is 0.118 e. The van der Waals surface area contributed by atoms with E-state index in [1.807, 2.05) is 0 Å². The molecule has 1 N–H and O–H groups in total. The standard InChI is InChI=1S/C18H30N2O/c1-4-11-19-15(2)17-9-12-20(13-10-17)14-16-5-7-18(21-3)8-6-16/h5-8,15,17,19H,4,9-14H2,1-3H3. The van der Waals surface area contributed by atoms with E-state index in [4.69, 9.17) is 4.74 Å². The first-order chi connectivity index (χ1) is 10.2. The molecule has 21 heavy (non-hydrogen) atoms. The SMILES string of the molecule is CCCNC(C)C1CCN(Cc2ccc(OC)cc2)CC1. The maximum atomic E-state index is 5.21. The molecule has 1 heterocycles. The number of likely N-dealkylation sites (tertiary alicyclic amines) is 1. The number of methoxy groups -OCH3 is 1. The van der Waals surface area contributed by atoms with Crippen molar-refractivity contribution >= 4 is 0 Å². The summed E-state index contributed by atoms with van der Waals surface area (Å²) in [6, 6.07) is 9.12. The third-order valence-electron chi connectivity index (χ3n) is 4.62. The Morgan fingerprint density at radius 2 is 1.90 bits per heavy atom. The maximum absolute atomic E-state index is 5.21. The van der Waals surface area contributed by atoms with Crippen LogP contribution in [-0.4, -0.2) is 37.7 Å². The van der Waals surface area contributed by atoms with Crippen LogP contribution in [0.4, 0.5) is 0 Å². The lowest BCUT2D eigenvalue weighted by Crippen LogP contribution is -2.41. The van der Waals surface area contributed by atoms with Crippen molar-refractivity contribution in [1.29, 1.82) is 0 Å². The quantitative estimate of drug-likeness (QED) is 0.834. The van der Waals surface area contributed by atoms with Crippen molar-refractivity contribution < 1.29 is 4.74 Å². The molecule has 0 saturated carbocycles. The first-order valence-corrected chi connectivity index (χ1v) is 8.31. The third-order valence-corrected chi connectivity index (χ3v) is 4.62. The molecule has 1 fully saturated rings. The lowest BCUT2D eigenvalue weighted by Gasteiger charge is -2.35. The highest BCUT2D eigenvalue weighted by atomic mass is 16.5. The zero-order valence-corrected chi connectivity index (χ0v) is 13.8. The second kappa shape index (κ2) is 8.40. The fourth-order valence-electron chi connectivity index (χ4n) is 3.14. The van der Waals surface area contributed by atoms with Gasteiger partial charge in [-0.25, -0.2) is 0 Å². The van der Waals surface area contributed by atoms with E-state index in [9.17, 15) is 0 Å². The Bertz CT molecular complexity index is 396. The van der Waals surface area contributed by atoms with Gasteiger partial charge in [-0.2, -0.15) is 0 Å². The van der Waals surface area contributed by atoms with Crippen molar-refractivity contribution in [3.05, 3.63) is 29.8 Å². The molecule has 1 aliphatic heterocycles. The average molecular weight is 290 g/mol. The summed E-state index contributed by atoms with van der Waals surface area (Å²) in [5.41, 5.74) is 1.38. The highest BCUT2D eigenvalue weighted by Crippen LogP contribution is 2.22. The molecule has 0 aliphatic carbocycles. The number of hydrogen-bond donors (Lipinski definition) is 1. The van der Waals surface area contributed by atoms with E-state index >= 15 is 0 Å². The van der Waals surface area contributed by atoms with Gasteiger partial charge in [0, 0.05) is 12.6 Å². The van der Waals surface area contributed by atoms with Crippen LogP contribution >= 0.6 is 0 Å². The van der Waals surface area contributed by atoms with Gasteiger partial charge in [0.15, 0.2) is 0 Å².